The van der Waals surface area contributed by atoms with Crippen LogP contribution < -0.4 is 11.3 Å². The van der Waals surface area contributed by atoms with Gasteiger partial charge in [0.15, 0.2) is 0 Å². The van der Waals surface area contributed by atoms with Crippen molar-refractivity contribution in [1.82, 2.24) is 4.98 Å². The van der Waals surface area contributed by atoms with Crippen LogP contribution in [0.2, 0.25) is 0 Å². The van der Waals surface area contributed by atoms with Crippen molar-refractivity contribution in [3.8, 4) is 0 Å². The maximum Gasteiger partial charge on any atom is 0.258 e. The van der Waals surface area contributed by atoms with Gasteiger partial charge in [-0.1, -0.05) is 0 Å². The smallest absolute Gasteiger partial charge is 0.258 e. The van der Waals surface area contributed by atoms with Crippen LogP contribution in [0.5, 0.6) is 0 Å². The molecule has 3 N–H and O–H groups in total. The standard InChI is InChI=1S/C8H11N3O/c1-2-10-5-6-7(9)3-4-11-8(6)12/h3-5H,2H2,1H3,(H3,9,11,12). The van der Waals surface area contributed by atoms with Gasteiger partial charge in [-0.15, -0.1) is 0 Å². The molecular formula is C8H11N3O. The second kappa shape index (κ2) is 3.71. The van der Waals surface area contributed by atoms with Gasteiger partial charge in [-0.05, 0) is 13.0 Å². The molecule has 0 saturated heterocycles. The van der Waals surface area contributed by atoms with Gasteiger partial charge in [0.2, 0.25) is 0 Å². The third kappa shape index (κ3) is 1.72. The van der Waals surface area contributed by atoms with Crippen molar-refractivity contribution < 1.29 is 0 Å². The van der Waals surface area contributed by atoms with Crippen molar-refractivity contribution in [1.29, 1.82) is 0 Å². The molecule has 0 aliphatic rings. The Labute approximate surface area is 70.1 Å². The summed E-state index contributed by atoms with van der Waals surface area (Å²) in [5.74, 6) is 0. The van der Waals surface area contributed by atoms with Gasteiger partial charge in [-0.2, -0.15) is 0 Å². The number of aliphatic imine (C=N–C) groups is 1. The Morgan fingerprint density at radius 1 is 1.75 bits per heavy atom. The van der Waals surface area contributed by atoms with E-state index in [9.17, 15) is 4.79 Å². The van der Waals surface area contributed by atoms with Crippen molar-refractivity contribution in [2.45, 2.75) is 6.92 Å². The van der Waals surface area contributed by atoms with E-state index in [1.54, 1.807) is 6.07 Å². The summed E-state index contributed by atoms with van der Waals surface area (Å²) in [4.78, 5) is 17.6. The molecule has 0 saturated carbocycles. The van der Waals surface area contributed by atoms with Gasteiger partial charge in [0.25, 0.3) is 5.56 Å². The molecule has 4 nitrogen and oxygen atoms in total. The molecule has 0 unspecified atom stereocenters. The molecule has 0 aromatic carbocycles. The van der Waals surface area contributed by atoms with Gasteiger partial charge < -0.3 is 10.7 Å². The molecule has 0 spiro atoms. The zero-order valence-electron chi connectivity index (χ0n) is 6.87. The normalized spacial score (nSPS) is 10.8. The maximum atomic E-state index is 11.1. The number of aromatic nitrogens is 1. The fraction of sp³-hybridized carbons (Fsp3) is 0.250. The monoisotopic (exact) mass is 165 g/mol. The minimum absolute atomic E-state index is 0.202. The van der Waals surface area contributed by atoms with E-state index in [2.05, 4.69) is 9.98 Å². The second-order valence-electron chi connectivity index (χ2n) is 2.30. The maximum absolute atomic E-state index is 11.1. The number of pyridine rings is 1. The zero-order chi connectivity index (χ0) is 8.97. The van der Waals surface area contributed by atoms with Gasteiger partial charge in [-0.3, -0.25) is 9.79 Å². The third-order valence-corrected chi connectivity index (χ3v) is 1.44. The summed E-state index contributed by atoms with van der Waals surface area (Å²) in [6.45, 7) is 2.54. The lowest BCUT2D eigenvalue weighted by atomic mass is 10.2. The Hall–Kier alpha value is -1.58. The van der Waals surface area contributed by atoms with Gasteiger partial charge in [0.05, 0.1) is 5.56 Å². The third-order valence-electron chi connectivity index (χ3n) is 1.44. The van der Waals surface area contributed by atoms with E-state index in [-0.39, 0.29) is 5.56 Å². The van der Waals surface area contributed by atoms with E-state index >= 15 is 0 Å². The number of aromatic amines is 1. The van der Waals surface area contributed by atoms with Crippen LogP contribution in [-0.2, 0) is 0 Å². The highest BCUT2D eigenvalue weighted by molar-refractivity contribution is 5.85. The van der Waals surface area contributed by atoms with Gasteiger partial charge >= 0.3 is 0 Å². The summed E-state index contributed by atoms with van der Waals surface area (Å²) in [6, 6.07) is 1.64. The fourth-order valence-corrected chi connectivity index (χ4v) is 0.821. The number of nitrogens with one attached hydrogen (secondary N) is 1. The number of H-pyrrole nitrogens is 1. The fourth-order valence-electron chi connectivity index (χ4n) is 0.821. The molecule has 4 heteroatoms. The SMILES string of the molecule is CCN=Cc1c(N)cc[nH]c1=O. The average Bonchev–Trinajstić information content (AvgIpc) is 2.04. The Bertz CT molecular complexity index is 340. The number of nitrogen functional groups attached to an aromatic ring is 1. The second-order valence-corrected chi connectivity index (χ2v) is 2.30. The minimum atomic E-state index is -0.202. The van der Waals surface area contributed by atoms with Crippen LogP contribution in [0.15, 0.2) is 22.1 Å². The number of hydrogen-bond donors (Lipinski definition) is 2. The molecule has 1 heterocycles. The molecule has 0 amide bonds. The molecule has 1 aromatic rings. The molecule has 0 atom stereocenters. The average molecular weight is 165 g/mol. The highest BCUT2D eigenvalue weighted by Gasteiger charge is 1.98. The van der Waals surface area contributed by atoms with Crippen molar-refractivity contribution in [3.63, 3.8) is 0 Å². The van der Waals surface area contributed by atoms with Crippen LogP contribution in [0.3, 0.4) is 0 Å². The first kappa shape index (κ1) is 8.52. The Balaban J connectivity index is 3.13. The van der Waals surface area contributed by atoms with Crippen molar-refractivity contribution in [3.05, 3.63) is 28.2 Å². The van der Waals surface area contributed by atoms with Crippen LogP contribution in [0, 0.1) is 0 Å². The van der Waals surface area contributed by atoms with E-state index in [4.69, 9.17) is 5.73 Å². The van der Waals surface area contributed by atoms with Gasteiger partial charge in [0, 0.05) is 24.6 Å². The number of anilines is 1. The minimum Gasteiger partial charge on any atom is -0.398 e. The van der Waals surface area contributed by atoms with Crippen LogP contribution in [0.4, 0.5) is 5.69 Å². The summed E-state index contributed by atoms with van der Waals surface area (Å²) in [7, 11) is 0. The summed E-state index contributed by atoms with van der Waals surface area (Å²) in [5.41, 5.74) is 6.23. The van der Waals surface area contributed by atoms with E-state index in [1.165, 1.54) is 12.4 Å². The lowest BCUT2D eigenvalue weighted by molar-refractivity contribution is 1.13. The van der Waals surface area contributed by atoms with E-state index < -0.39 is 0 Å². The first-order chi connectivity index (χ1) is 5.75. The highest BCUT2D eigenvalue weighted by atomic mass is 16.1. The molecule has 0 fully saturated rings. The zero-order valence-corrected chi connectivity index (χ0v) is 6.87. The number of hydrogen-bond acceptors (Lipinski definition) is 3. The molecule has 12 heavy (non-hydrogen) atoms. The van der Waals surface area contributed by atoms with Gasteiger partial charge in [-0.25, -0.2) is 0 Å². The van der Waals surface area contributed by atoms with E-state index in [1.807, 2.05) is 6.92 Å². The molecular weight excluding hydrogens is 154 g/mol. The largest absolute Gasteiger partial charge is 0.398 e. The molecule has 0 radical (unpaired) electrons. The molecule has 0 aliphatic heterocycles. The predicted octanol–water partition coefficient (Wildman–Crippen LogP) is 0.396. The number of rotatable bonds is 2. The summed E-state index contributed by atoms with van der Waals surface area (Å²) in [6.07, 6.45) is 3.01. The number of nitrogens with zero attached hydrogens (tertiary/aromatic N) is 1. The first-order valence-corrected chi connectivity index (χ1v) is 3.72. The van der Waals surface area contributed by atoms with E-state index in [0.717, 1.165) is 0 Å². The molecule has 0 aliphatic carbocycles. The Morgan fingerprint density at radius 3 is 3.08 bits per heavy atom. The van der Waals surface area contributed by atoms with Crippen molar-refractivity contribution >= 4 is 11.9 Å². The van der Waals surface area contributed by atoms with Gasteiger partial charge in [0.1, 0.15) is 0 Å². The van der Waals surface area contributed by atoms with E-state index in [0.29, 0.717) is 17.8 Å². The van der Waals surface area contributed by atoms with Crippen molar-refractivity contribution in [2.75, 3.05) is 12.3 Å². The summed E-state index contributed by atoms with van der Waals surface area (Å²) < 4.78 is 0. The predicted molar refractivity (Wildman–Crippen MR) is 49.6 cm³/mol. The van der Waals surface area contributed by atoms with Crippen LogP contribution in [0.25, 0.3) is 0 Å². The first-order valence-electron chi connectivity index (χ1n) is 3.72. The van der Waals surface area contributed by atoms with Crippen LogP contribution in [0.1, 0.15) is 12.5 Å². The van der Waals surface area contributed by atoms with Crippen molar-refractivity contribution in [2.24, 2.45) is 4.99 Å². The number of nitrogens with two attached hydrogens (primary N) is 1. The lowest BCUT2D eigenvalue weighted by Gasteiger charge is -1.95. The Morgan fingerprint density at radius 2 is 2.50 bits per heavy atom. The summed E-state index contributed by atoms with van der Waals surface area (Å²) >= 11 is 0. The quantitative estimate of drug-likeness (QED) is 0.622. The topological polar surface area (TPSA) is 71.2 Å². The highest BCUT2D eigenvalue weighted by Crippen LogP contribution is 2.00. The summed E-state index contributed by atoms with van der Waals surface area (Å²) in [5, 5.41) is 0. The Kier molecular flexibility index (Phi) is 2.63. The van der Waals surface area contributed by atoms with Crippen LogP contribution >= 0.6 is 0 Å². The molecule has 0 bridgehead atoms. The molecule has 64 valence electrons. The lowest BCUT2D eigenvalue weighted by Crippen LogP contribution is -2.13. The van der Waals surface area contributed by atoms with Crippen LogP contribution in [-0.4, -0.2) is 17.7 Å². The molecule has 1 rings (SSSR count). The molecule has 1 aromatic heterocycles.